The second kappa shape index (κ2) is 5.48. The first-order valence-electron chi connectivity index (χ1n) is 5.44. The zero-order valence-electron chi connectivity index (χ0n) is 10.2. The lowest BCUT2D eigenvalue weighted by Gasteiger charge is -2.06. The van der Waals surface area contributed by atoms with Crippen molar-refractivity contribution in [3.63, 3.8) is 0 Å². The molecular formula is C10H17F3N4. The quantitative estimate of drug-likeness (QED) is 0.864. The van der Waals surface area contributed by atoms with Crippen LogP contribution in [0.15, 0.2) is 0 Å². The van der Waals surface area contributed by atoms with Crippen LogP contribution in [0.1, 0.15) is 25.5 Å². The van der Waals surface area contributed by atoms with Crippen LogP contribution in [-0.4, -0.2) is 27.5 Å². The Balaban J connectivity index is 2.51. The molecule has 1 aromatic heterocycles. The molecule has 0 aliphatic rings. The summed E-state index contributed by atoms with van der Waals surface area (Å²) in [6.45, 7) is 3.14. The van der Waals surface area contributed by atoms with E-state index in [0.29, 0.717) is 17.6 Å². The van der Waals surface area contributed by atoms with Gasteiger partial charge >= 0.3 is 6.18 Å². The average molecular weight is 250 g/mol. The Morgan fingerprint density at radius 2 is 2.00 bits per heavy atom. The zero-order chi connectivity index (χ0) is 13.1. The van der Waals surface area contributed by atoms with Crippen molar-refractivity contribution in [3.8, 4) is 0 Å². The Morgan fingerprint density at radius 3 is 2.53 bits per heavy atom. The summed E-state index contributed by atoms with van der Waals surface area (Å²) >= 11 is 0. The second-order valence-electron chi connectivity index (χ2n) is 4.38. The van der Waals surface area contributed by atoms with Crippen LogP contribution in [0.4, 0.5) is 13.2 Å². The van der Waals surface area contributed by atoms with Crippen molar-refractivity contribution in [3.05, 3.63) is 11.6 Å². The minimum absolute atomic E-state index is 0.0705. The van der Waals surface area contributed by atoms with E-state index in [1.807, 2.05) is 13.8 Å². The molecule has 0 saturated carbocycles. The maximum Gasteiger partial charge on any atom is 0.401 e. The monoisotopic (exact) mass is 250 g/mol. The molecule has 0 aliphatic carbocycles. The molecule has 1 aromatic rings. The molecule has 0 fully saturated rings. The van der Waals surface area contributed by atoms with E-state index in [2.05, 4.69) is 15.4 Å². The van der Waals surface area contributed by atoms with Crippen LogP contribution in [0.25, 0.3) is 0 Å². The van der Waals surface area contributed by atoms with E-state index in [1.165, 1.54) is 4.68 Å². The predicted octanol–water partition coefficient (Wildman–Crippen LogP) is 1.67. The van der Waals surface area contributed by atoms with Gasteiger partial charge in [0, 0.05) is 13.5 Å². The molecule has 0 aromatic carbocycles. The lowest BCUT2D eigenvalue weighted by molar-refractivity contribution is -0.125. The highest BCUT2D eigenvalue weighted by Gasteiger charge is 2.26. The van der Waals surface area contributed by atoms with E-state index in [1.54, 1.807) is 7.05 Å². The normalized spacial score (nSPS) is 12.4. The third kappa shape index (κ3) is 5.16. The Bertz CT molecular complexity index is 357. The van der Waals surface area contributed by atoms with E-state index >= 15 is 0 Å². The molecule has 98 valence electrons. The number of rotatable bonds is 5. The molecule has 1 rings (SSSR count). The number of nitrogens with zero attached hydrogens (tertiary/aromatic N) is 3. The van der Waals surface area contributed by atoms with Gasteiger partial charge in [0.25, 0.3) is 0 Å². The smallest absolute Gasteiger partial charge is 0.302 e. The number of aryl methyl sites for hydroxylation is 1. The highest BCUT2D eigenvalue weighted by atomic mass is 19.4. The van der Waals surface area contributed by atoms with E-state index in [0.717, 1.165) is 6.42 Å². The summed E-state index contributed by atoms with van der Waals surface area (Å²) in [5, 5.41) is 6.45. The molecular weight excluding hydrogens is 233 g/mol. The fraction of sp³-hybridized carbons (Fsp3) is 0.800. The van der Waals surface area contributed by atoms with Crippen LogP contribution in [0, 0.1) is 5.92 Å². The topological polar surface area (TPSA) is 42.7 Å². The van der Waals surface area contributed by atoms with Crippen molar-refractivity contribution in [2.75, 3.05) is 6.54 Å². The van der Waals surface area contributed by atoms with Crippen molar-refractivity contribution in [1.29, 1.82) is 0 Å². The van der Waals surface area contributed by atoms with Crippen molar-refractivity contribution in [2.45, 2.75) is 33.0 Å². The highest BCUT2D eigenvalue weighted by Crippen LogP contribution is 2.12. The summed E-state index contributed by atoms with van der Waals surface area (Å²) < 4.78 is 37.3. The largest absolute Gasteiger partial charge is 0.401 e. The Hall–Kier alpha value is -1.11. The van der Waals surface area contributed by atoms with E-state index < -0.39 is 12.7 Å². The van der Waals surface area contributed by atoms with Gasteiger partial charge in [-0.15, -0.1) is 0 Å². The van der Waals surface area contributed by atoms with Crippen molar-refractivity contribution >= 4 is 0 Å². The van der Waals surface area contributed by atoms with Crippen LogP contribution in [-0.2, 0) is 20.0 Å². The summed E-state index contributed by atoms with van der Waals surface area (Å²) in [5.74, 6) is 1.62. The standard InChI is InChI=1S/C10H17F3N4/c1-7(2)4-8-15-9(17(3)16-8)5-14-6-10(11,12)13/h7,14H,4-6H2,1-3H3. The Morgan fingerprint density at radius 1 is 1.35 bits per heavy atom. The van der Waals surface area contributed by atoms with Gasteiger partial charge in [0.05, 0.1) is 13.1 Å². The Labute approximate surface area is 98.2 Å². The van der Waals surface area contributed by atoms with Crippen LogP contribution in [0.2, 0.25) is 0 Å². The SMILES string of the molecule is CC(C)Cc1nc(CNCC(F)(F)F)n(C)n1. The van der Waals surface area contributed by atoms with Gasteiger partial charge in [0.1, 0.15) is 5.82 Å². The van der Waals surface area contributed by atoms with Gasteiger partial charge in [-0.2, -0.15) is 18.3 Å². The Kier molecular flexibility index (Phi) is 4.50. The summed E-state index contributed by atoms with van der Waals surface area (Å²) in [6, 6.07) is 0. The molecule has 4 nitrogen and oxygen atoms in total. The van der Waals surface area contributed by atoms with Gasteiger partial charge in [-0.05, 0) is 5.92 Å². The van der Waals surface area contributed by atoms with Crippen molar-refractivity contribution in [2.24, 2.45) is 13.0 Å². The second-order valence-corrected chi connectivity index (χ2v) is 4.38. The minimum atomic E-state index is -4.20. The third-order valence-electron chi connectivity index (χ3n) is 2.10. The molecule has 0 unspecified atom stereocenters. The van der Waals surface area contributed by atoms with E-state index in [-0.39, 0.29) is 6.54 Å². The number of nitrogens with one attached hydrogen (secondary N) is 1. The molecule has 0 amide bonds. The summed E-state index contributed by atoms with van der Waals surface area (Å²) in [7, 11) is 1.68. The lowest BCUT2D eigenvalue weighted by atomic mass is 10.1. The molecule has 0 bridgehead atoms. The predicted molar refractivity (Wildman–Crippen MR) is 57.3 cm³/mol. The molecule has 7 heteroatoms. The van der Waals surface area contributed by atoms with Gasteiger partial charge in [-0.3, -0.25) is 4.68 Å². The first-order chi connectivity index (χ1) is 7.78. The average Bonchev–Trinajstić information content (AvgIpc) is 2.43. The summed E-state index contributed by atoms with van der Waals surface area (Å²) in [6.07, 6.45) is -3.47. The van der Waals surface area contributed by atoms with Crippen LogP contribution in [0.5, 0.6) is 0 Å². The van der Waals surface area contributed by atoms with Crippen LogP contribution >= 0.6 is 0 Å². The van der Waals surface area contributed by atoms with Gasteiger partial charge in [-0.1, -0.05) is 13.8 Å². The van der Waals surface area contributed by atoms with Gasteiger partial charge in [0.2, 0.25) is 0 Å². The fourth-order valence-electron chi connectivity index (χ4n) is 1.40. The fourth-order valence-corrected chi connectivity index (χ4v) is 1.40. The highest BCUT2D eigenvalue weighted by molar-refractivity contribution is 4.93. The van der Waals surface area contributed by atoms with E-state index in [4.69, 9.17) is 0 Å². The first kappa shape index (κ1) is 14.0. The van der Waals surface area contributed by atoms with Crippen molar-refractivity contribution < 1.29 is 13.2 Å². The molecule has 0 radical (unpaired) electrons. The van der Waals surface area contributed by atoms with Crippen molar-refractivity contribution in [1.82, 2.24) is 20.1 Å². The first-order valence-corrected chi connectivity index (χ1v) is 5.44. The van der Waals surface area contributed by atoms with Gasteiger partial charge < -0.3 is 5.32 Å². The number of aromatic nitrogens is 3. The van der Waals surface area contributed by atoms with Crippen LogP contribution < -0.4 is 5.32 Å². The number of hydrogen-bond donors (Lipinski definition) is 1. The maximum atomic E-state index is 11.9. The summed E-state index contributed by atoms with van der Waals surface area (Å²) in [5.41, 5.74) is 0. The van der Waals surface area contributed by atoms with Gasteiger partial charge in [0.15, 0.2) is 5.82 Å². The minimum Gasteiger partial charge on any atom is -0.302 e. The molecule has 0 spiro atoms. The third-order valence-corrected chi connectivity index (χ3v) is 2.10. The lowest BCUT2D eigenvalue weighted by Crippen LogP contribution is -2.29. The number of hydrogen-bond acceptors (Lipinski definition) is 3. The zero-order valence-corrected chi connectivity index (χ0v) is 10.2. The van der Waals surface area contributed by atoms with Crippen LogP contribution in [0.3, 0.4) is 0 Å². The molecule has 0 atom stereocenters. The molecule has 1 N–H and O–H groups in total. The molecule has 1 heterocycles. The molecule has 0 saturated heterocycles. The molecule has 0 aliphatic heterocycles. The molecule has 17 heavy (non-hydrogen) atoms. The van der Waals surface area contributed by atoms with E-state index in [9.17, 15) is 13.2 Å². The number of halogens is 3. The number of alkyl halides is 3. The summed E-state index contributed by atoms with van der Waals surface area (Å²) in [4.78, 5) is 4.19. The van der Waals surface area contributed by atoms with Gasteiger partial charge in [-0.25, -0.2) is 4.98 Å². The maximum absolute atomic E-state index is 11.9.